The van der Waals surface area contributed by atoms with Gasteiger partial charge >= 0.3 is 0 Å². The first-order valence-electron chi connectivity index (χ1n) is 7.55. The van der Waals surface area contributed by atoms with Crippen molar-refractivity contribution in [2.45, 2.75) is 17.4 Å². The van der Waals surface area contributed by atoms with E-state index in [2.05, 4.69) is 5.32 Å². The predicted molar refractivity (Wildman–Crippen MR) is 92.7 cm³/mol. The minimum Gasteiger partial charge on any atom is -0.378 e. The Hall–Kier alpha value is -2.01. The highest BCUT2D eigenvalue weighted by Gasteiger charge is 2.23. The number of fused-ring (bicyclic) bond motifs is 1. The van der Waals surface area contributed by atoms with Gasteiger partial charge in [0.1, 0.15) is 5.82 Å². The summed E-state index contributed by atoms with van der Waals surface area (Å²) in [5, 5.41) is 3.03. The molecule has 0 bridgehead atoms. The molecule has 0 radical (unpaired) electrons. The standard InChI is InChI=1S/C18H19FN2OS/c1-21(2)14-6-3-12(4-7-14)18(22)20-16-9-10-23-17-8-5-13(19)11-15(16)17/h3-8,11,16H,9-10H2,1-2H3,(H,20,22). The molecule has 0 fully saturated rings. The number of thioether (sulfide) groups is 1. The molecule has 1 aliphatic rings. The van der Waals surface area contributed by atoms with Gasteiger partial charge in [0.2, 0.25) is 0 Å². The first-order valence-corrected chi connectivity index (χ1v) is 8.53. The molecule has 0 aromatic heterocycles. The molecule has 23 heavy (non-hydrogen) atoms. The second kappa shape index (κ2) is 6.62. The van der Waals surface area contributed by atoms with Crippen molar-refractivity contribution in [1.82, 2.24) is 5.32 Å². The van der Waals surface area contributed by atoms with Gasteiger partial charge in [-0.05, 0) is 54.4 Å². The molecule has 3 nitrogen and oxygen atoms in total. The summed E-state index contributed by atoms with van der Waals surface area (Å²) in [6.07, 6.45) is 0.808. The van der Waals surface area contributed by atoms with Gasteiger partial charge in [-0.25, -0.2) is 4.39 Å². The smallest absolute Gasteiger partial charge is 0.251 e. The lowest BCUT2D eigenvalue weighted by molar-refractivity contribution is 0.0935. The lowest BCUT2D eigenvalue weighted by Crippen LogP contribution is -2.30. The fourth-order valence-electron chi connectivity index (χ4n) is 2.67. The third-order valence-corrected chi connectivity index (χ3v) is 5.09. The zero-order valence-electron chi connectivity index (χ0n) is 13.2. The second-order valence-corrected chi connectivity index (χ2v) is 6.92. The molecule has 1 unspecified atom stereocenters. The van der Waals surface area contributed by atoms with Crippen LogP contribution in [-0.4, -0.2) is 25.8 Å². The van der Waals surface area contributed by atoms with Gasteiger partial charge in [-0.3, -0.25) is 4.79 Å². The van der Waals surface area contributed by atoms with Crippen molar-refractivity contribution in [3.8, 4) is 0 Å². The zero-order chi connectivity index (χ0) is 16.4. The van der Waals surface area contributed by atoms with E-state index in [-0.39, 0.29) is 17.8 Å². The maximum Gasteiger partial charge on any atom is 0.251 e. The summed E-state index contributed by atoms with van der Waals surface area (Å²) in [6.45, 7) is 0. The van der Waals surface area contributed by atoms with Gasteiger partial charge in [0.25, 0.3) is 5.91 Å². The van der Waals surface area contributed by atoms with Crippen LogP contribution in [0.25, 0.3) is 0 Å². The van der Waals surface area contributed by atoms with E-state index >= 15 is 0 Å². The second-order valence-electron chi connectivity index (χ2n) is 5.79. The highest BCUT2D eigenvalue weighted by atomic mass is 32.2. The van der Waals surface area contributed by atoms with E-state index < -0.39 is 0 Å². The van der Waals surface area contributed by atoms with Crippen LogP contribution in [0.1, 0.15) is 28.4 Å². The molecule has 2 aromatic rings. The number of carbonyl (C=O) groups excluding carboxylic acids is 1. The minimum atomic E-state index is -0.263. The predicted octanol–water partition coefficient (Wildman–Crippen LogP) is 3.86. The topological polar surface area (TPSA) is 32.3 Å². The summed E-state index contributed by atoms with van der Waals surface area (Å²) in [7, 11) is 3.92. The maximum atomic E-state index is 13.5. The number of anilines is 1. The van der Waals surface area contributed by atoms with Crippen molar-refractivity contribution in [2.24, 2.45) is 0 Å². The fraction of sp³-hybridized carbons (Fsp3) is 0.278. The molecule has 1 aliphatic heterocycles. The largest absolute Gasteiger partial charge is 0.378 e. The van der Waals surface area contributed by atoms with E-state index in [1.54, 1.807) is 17.8 Å². The van der Waals surface area contributed by atoms with Crippen LogP contribution < -0.4 is 10.2 Å². The van der Waals surface area contributed by atoms with E-state index in [9.17, 15) is 9.18 Å². The zero-order valence-corrected chi connectivity index (χ0v) is 14.0. The summed E-state index contributed by atoms with van der Waals surface area (Å²) in [5.74, 6) is 0.534. The van der Waals surface area contributed by atoms with Gasteiger partial charge < -0.3 is 10.2 Å². The van der Waals surface area contributed by atoms with Crippen molar-refractivity contribution < 1.29 is 9.18 Å². The SMILES string of the molecule is CN(C)c1ccc(C(=O)NC2CCSc3ccc(F)cc32)cc1. The molecular weight excluding hydrogens is 311 g/mol. The average molecular weight is 330 g/mol. The van der Waals surface area contributed by atoms with Crippen LogP contribution in [0.5, 0.6) is 0 Å². The molecule has 0 saturated heterocycles. The Bertz CT molecular complexity index is 715. The highest BCUT2D eigenvalue weighted by Crippen LogP contribution is 2.36. The van der Waals surface area contributed by atoms with Crippen LogP contribution in [0.3, 0.4) is 0 Å². The van der Waals surface area contributed by atoms with Crippen molar-refractivity contribution in [1.29, 1.82) is 0 Å². The van der Waals surface area contributed by atoms with Crippen LogP contribution in [0.2, 0.25) is 0 Å². The van der Waals surface area contributed by atoms with Crippen LogP contribution in [-0.2, 0) is 0 Å². The van der Waals surface area contributed by atoms with Gasteiger partial charge in [-0.15, -0.1) is 11.8 Å². The molecule has 1 heterocycles. The molecule has 2 aromatic carbocycles. The summed E-state index contributed by atoms with van der Waals surface area (Å²) < 4.78 is 13.5. The monoisotopic (exact) mass is 330 g/mol. The average Bonchev–Trinajstić information content (AvgIpc) is 2.55. The first-order chi connectivity index (χ1) is 11.0. The molecule has 1 N–H and O–H groups in total. The summed E-state index contributed by atoms with van der Waals surface area (Å²) >= 11 is 1.71. The Morgan fingerprint density at radius 2 is 1.96 bits per heavy atom. The van der Waals surface area contributed by atoms with Crippen molar-refractivity contribution >= 4 is 23.4 Å². The number of hydrogen-bond acceptors (Lipinski definition) is 3. The number of nitrogens with zero attached hydrogens (tertiary/aromatic N) is 1. The van der Waals surface area contributed by atoms with Gasteiger partial charge in [0.05, 0.1) is 6.04 Å². The highest BCUT2D eigenvalue weighted by molar-refractivity contribution is 7.99. The quantitative estimate of drug-likeness (QED) is 0.927. The van der Waals surface area contributed by atoms with Gasteiger partial charge in [0, 0.05) is 36.0 Å². The molecule has 0 aliphatic carbocycles. The molecule has 1 atom stereocenters. The van der Waals surface area contributed by atoms with E-state index in [4.69, 9.17) is 0 Å². The Morgan fingerprint density at radius 3 is 2.65 bits per heavy atom. The Labute approximate surface area is 139 Å². The molecule has 0 spiro atoms. The molecule has 5 heteroatoms. The summed E-state index contributed by atoms with van der Waals surface area (Å²) in [4.78, 5) is 15.5. The van der Waals surface area contributed by atoms with E-state index in [0.29, 0.717) is 5.56 Å². The molecule has 120 valence electrons. The lowest BCUT2D eigenvalue weighted by Gasteiger charge is -2.26. The fourth-order valence-corrected chi connectivity index (χ4v) is 3.77. The Morgan fingerprint density at radius 1 is 1.22 bits per heavy atom. The van der Waals surface area contributed by atoms with E-state index in [0.717, 1.165) is 28.3 Å². The maximum absolute atomic E-state index is 13.5. The van der Waals surface area contributed by atoms with E-state index in [1.165, 1.54) is 12.1 Å². The molecule has 1 amide bonds. The van der Waals surface area contributed by atoms with Crippen LogP contribution >= 0.6 is 11.8 Å². The van der Waals surface area contributed by atoms with Crippen molar-refractivity contribution in [3.05, 3.63) is 59.4 Å². The van der Waals surface area contributed by atoms with E-state index in [1.807, 2.05) is 43.3 Å². The molecule has 0 saturated carbocycles. The molecular formula is C18H19FN2OS. The normalized spacial score (nSPS) is 16.6. The van der Waals surface area contributed by atoms with Gasteiger partial charge in [-0.1, -0.05) is 0 Å². The van der Waals surface area contributed by atoms with Crippen LogP contribution in [0, 0.1) is 5.82 Å². The van der Waals surface area contributed by atoms with Crippen molar-refractivity contribution in [3.63, 3.8) is 0 Å². The number of hydrogen-bond donors (Lipinski definition) is 1. The number of rotatable bonds is 3. The lowest BCUT2D eigenvalue weighted by atomic mass is 10.0. The van der Waals surface area contributed by atoms with Crippen LogP contribution in [0.15, 0.2) is 47.4 Å². The van der Waals surface area contributed by atoms with Gasteiger partial charge in [0.15, 0.2) is 0 Å². The first kappa shape index (κ1) is 15.9. The third kappa shape index (κ3) is 3.50. The number of nitrogens with one attached hydrogen (secondary N) is 1. The number of halogens is 1. The van der Waals surface area contributed by atoms with Crippen LogP contribution in [0.4, 0.5) is 10.1 Å². The van der Waals surface area contributed by atoms with Crippen molar-refractivity contribution in [2.75, 3.05) is 24.7 Å². The third-order valence-electron chi connectivity index (χ3n) is 3.96. The molecule has 3 rings (SSSR count). The minimum absolute atomic E-state index is 0.123. The number of amides is 1. The Balaban J connectivity index is 1.77. The Kier molecular flexibility index (Phi) is 4.57. The number of carbonyl (C=O) groups is 1. The number of benzene rings is 2. The summed E-state index contributed by atoms with van der Waals surface area (Å²) in [5.41, 5.74) is 2.54. The summed E-state index contributed by atoms with van der Waals surface area (Å²) in [6, 6.07) is 12.1. The van der Waals surface area contributed by atoms with Gasteiger partial charge in [-0.2, -0.15) is 0 Å².